The zero-order chi connectivity index (χ0) is 28.0. The van der Waals surface area contributed by atoms with Crippen LogP contribution >= 0.6 is 0 Å². The van der Waals surface area contributed by atoms with Crippen molar-refractivity contribution in [2.45, 2.75) is 109 Å². The molecule has 10 nitrogen and oxygen atoms in total. The number of aliphatic carboxylic acids is 1. The van der Waals surface area contributed by atoms with Gasteiger partial charge in [0.05, 0.1) is 37.4 Å². The summed E-state index contributed by atoms with van der Waals surface area (Å²) < 4.78 is 22.5. The Kier molecular flexibility index (Phi) is 10.3. The van der Waals surface area contributed by atoms with Crippen molar-refractivity contribution in [1.29, 1.82) is 0 Å². The minimum Gasteiger partial charge on any atom is -0.481 e. The van der Waals surface area contributed by atoms with Crippen LogP contribution in [0.15, 0.2) is 36.0 Å². The molecule has 3 aliphatic heterocycles. The SMILES string of the molecule is CC(=O)O[C@@H](C)/C=C/C(=O)N[C@@H]1C[C@H](C)[C@H](C/C=C(C)/C=C/[C@H]2O[C@H](CC(=O)O)C[C@@]3(CO3)[C@@H]2O)O[C@@H]1C. The highest BCUT2D eigenvalue weighted by Crippen LogP contribution is 2.43. The first-order valence-corrected chi connectivity index (χ1v) is 13.2. The lowest BCUT2D eigenvalue weighted by atomic mass is 9.87. The summed E-state index contributed by atoms with van der Waals surface area (Å²) in [6, 6.07) is -0.131. The standard InChI is InChI=1S/C28H41NO9/c1-16(7-10-24-27(34)28(15-35-28)14-21(38-24)13-26(32)33)6-9-23-17(2)12-22(19(4)37-23)29-25(31)11-8-18(3)36-20(5)30/h6-8,10-11,17-19,21-24,27,34H,9,12-15H2,1-5H3,(H,29,31)(H,32,33)/b10-7+,11-8+,16-6+/t17-,18-,19+,21+,22+,23-,24+,27+,28+/m0/s1. The quantitative estimate of drug-likeness (QED) is 0.166. The summed E-state index contributed by atoms with van der Waals surface area (Å²) in [4.78, 5) is 34.4. The Morgan fingerprint density at radius 2 is 1.89 bits per heavy atom. The van der Waals surface area contributed by atoms with E-state index < -0.39 is 42.0 Å². The fourth-order valence-corrected chi connectivity index (χ4v) is 5.08. The number of allylic oxidation sites excluding steroid dienone is 2. The number of hydrogen-bond donors (Lipinski definition) is 3. The average molecular weight is 536 g/mol. The molecule has 10 heteroatoms. The third-order valence-electron chi connectivity index (χ3n) is 7.33. The van der Waals surface area contributed by atoms with E-state index in [0.29, 0.717) is 19.4 Å². The van der Waals surface area contributed by atoms with Crippen LogP contribution < -0.4 is 5.32 Å². The summed E-state index contributed by atoms with van der Waals surface area (Å²) in [5.41, 5.74) is 0.271. The first kappa shape index (κ1) is 30.0. The number of nitrogens with one attached hydrogen (secondary N) is 1. The Hall–Kier alpha value is -2.53. The molecule has 0 bridgehead atoms. The van der Waals surface area contributed by atoms with Gasteiger partial charge in [-0.3, -0.25) is 14.4 Å². The Balaban J connectivity index is 1.49. The van der Waals surface area contributed by atoms with Crippen molar-refractivity contribution >= 4 is 17.8 Å². The van der Waals surface area contributed by atoms with Gasteiger partial charge in [-0.25, -0.2) is 0 Å². The number of carboxylic acid groups (broad SMARTS) is 1. The van der Waals surface area contributed by atoms with Crippen molar-refractivity contribution < 1.29 is 43.5 Å². The number of carbonyl (C=O) groups is 3. The van der Waals surface area contributed by atoms with Crippen molar-refractivity contribution in [2.24, 2.45) is 5.92 Å². The van der Waals surface area contributed by atoms with Gasteiger partial charge in [-0.05, 0) is 45.6 Å². The number of aliphatic hydroxyl groups is 1. The van der Waals surface area contributed by atoms with Gasteiger partial charge in [0.25, 0.3) is 0 Å². The lowest BCUT2D eigenvalue weighted by molar-refractivity contribution is -0.155. The maximum atomic E-state index is 12.3. The predicted octanol–water partition coefficient (Wildman–Crippen LogP) is 2.45. The van der Waals surface area contributed by atoms with Gasteiger partial charge in [0.2, 0.25) is 5.91 Å². The number of amides is 1. The summed E-state index contributed by atoms with van der Waals surface area (Å²) in [6.45, 7) is 9.41. The fourth-order valence-electron chi connectivity index (χ4n) is 5.08. The number of epoxide rings is 1. The summed E-state index contributed by atoms with van der Waals surface area (Å²) in [5.74, 6) is -1.39. The van der Waals surface area contributed by atoms with Gasteiger partial charge < -0.3 is 34.5 Å². The summed E-state index contributed by atoms with van der Waals surface area (Å²) in [6.07, 6.45) is 7.67. The zero-order valence-corrected chi connectivity index (χ0v) is 22.8. The van der Waals surface area contributed by atoms with Crippen LogP contribution in [0.4, 0.5) is 0 Å². The van der Waals surface area contributed by atoms with Gasteiger partial charge in [-0.2, -0.15) is 0 Å². The highest BCUT2D eigenvalue weighted by Gasteiger charge is 2.58. The maximum absolute atomic E-state index is 12.3. The molecule has 0 aromatic carbocycles. The van der Waals surface area contributed by atoms with E-state index in [4.69, 9.17) is 24.1 Å². The van der Waals surface area contributed by atoms with Crippen LogP contribution in [0.3, 0.4) is 0 Å². The van der Waals surface area contributed by atoms with Gasteiger partial charge in [-0.15, -0.1) is 0 Å². The summed E-state index contributed by atoms with van der Waals surface area (Å²) >= 11 is 0. The van der Waals surface area contributed by atoms with Crippen molar-refractivity contribution in [1.82, 2.24) is 5.32 Å². The molecule has 1 amide bonds. The highest BCUT2D eigenvalue weighted by molar-refractivity contribution is 5.87. The first-order valence-electron chi connectivity index (χ1n) is 13.2. The Morgan fingerprint density at radius 1 is 1.18 bits per heavy atom. The van der Waals surface area contributed by atoms with Gasteiger partial charge in [0.1, 0.15) is 23.9 Å². The number of hydrogen-bond acceptors (Lipinski definition) is 8. The molecule has 9 atom stereocenters. The van der Waals surface area contributed by atoms with Crippen LogP contribution in [0.1, 0.15) is 60.3 Å². The second-order valence-corrected chi connectivity index (χ2v) is 10.7. The Bertz CT molecular complexity index is 954. The number of carbonyl (C=O) groups excluding carboxylic acids is 2. The molecular weight excluding hydrogens is 494 g/mol. The lowest BCUT2D eigenvalue weighted by Crippen LogP contribution is -2.50. The zero-order valence-electron chi connectivity index (χ0n) is 22.8. The van der Waals surface area contributed by atoms with Gasteiger partial charge in [0, 0.05) is 19.4 Å². The molecule has 0 aromatic rings. The maximum Gasteiger partial charge on any atom is 0.305 e. The van der Waals surface area contributed by atoms with E-state index in [0.717, 1.165) is 12.0 Å². The molecule has 3 aliphatic rings. The van der Waals surface area contributed by atoms with Crippen LogP contribution in [-0.2, 0) is 33.3 Å². The van der Waals surface area contributed by atoms with E-state index in [1.807, 2.05) is 19.9 Å². The molecule has 0 radical (unpaired) electrons. The topological polar surface area (TPSA) is 144 Å². The average Bonchev–Trinajstić information content (AvgIpc) is 3.59. The minimum atomic E-state index is -0.941. The molecule has 3 N–H and O–H groups in total. The van der Waals surface area contributed by atoms with Gasteiger partial charge >= 0.3 is 11.9 Å². The lowest BCUT2D eigenvalue weighted by Gasteiger charge is -2.39. The molecule has 3 rings (SSSR count). The van der Waals surface area contributed by atoms with Gasteiger partial charge in [-0.1, -0.05) is 30.7 Å². The van der Waals surface area contributed by atoms with E-state index in [2.05, 4.69) is 18.3 Å². The van der Waals surface area contributed by atoms with Crippen molar-refractivity contribution in [3.63, 3.8) is 0 Å². The largest absolute Gasteiger partial charge is 0.481 e. The van der Waals surface area contributed by atoms with Crippen molar-refractivity contribution in [2.75, 3.05) is 6.61 Å². The van der Waals surface area contributed by atoms with Crippen LogP contribution in [0.2, 0.25) is 0 Å². The first-order chi connectivity index (χ1) is 17.9. The van der Waals surface area contributed by atoms with Gasteiger partial charge in [0.15, 0.2) is 0 Å². The molecule has 3 fully saturated rings. The molecular formula is C28H41NO9. The second-order valence-electron chi connectivity index (χ2n) is 10.7. The Labute approximate surface area is 224 Å². The molecule has 0 aliphatic carbocycles. The molecule has 38 heavy (non-hydrogen) atoms. The van der Waals surface area contributed by atoms with E-state index >= 15 is 0 Å². The normalized spacial score (nSPS) is 36.4. The molecule has 0 unspecified atom stereocenters. The third kappa shape index (κ3) is 8.49. The summed E-state index contributed by atoms with van der Waals surface area (Å²) in [7, 11) is 0. The molecule has 1 spiro atoms. The Morgan fingerprint density at radius 3 is 2.53 bits per heavy atom. The fraction of sp³-hybridized carbons (Fsp3) is 0.679. The van der Waals surface area contributed by atoms with E-state index in [1.165, 1.54) is 13.0 Å². The minimum absolute atomic E-state index is 0.0133. The predicted molar refractivity (Wildman–Crippen MR) is 138 cm³/mol. The highest BCUT2D eigenvalue weighted by atomic mass is 16.6. The molecule has 0 aromatic heterocycles. The van der Waals surface area contributed by atoms with E-state index in [1.54, 1.807) is 19.1 Å². The second kappa shape index (κ2) is 13.0. The van der Waals surface area contributed by atoms with Crippen LogP contribution in [-0.4, -0.2) is 82.9 Å². The molecule has 0 saturated carbocycles. The van der Waals surface area contributed by atoms with Crippen molar-refractivity contribution in [3.05, 3.63) is 36.0 Å². The monoisotopic (exact) mass is 535 g/mol. The summed E-state index contributed by atoms with van der Waals surface area (Å²) in [5, 5.41) is 22.8. The third-order valence-corrected chi connectivity index (χ3v) is 7.33. The van der Waals surface area contributed by atoms with E-state index in [-0.39, 0.29) is 36.5 Å². The van der Waals surface area contributed by atoms with Crippen LogP contribution in [0, 0.1) is 5.92 Å². The number of carboxylic acids is 1. The van der Waals surface area contributed by atoms with Crippen LogP contribution in [0.25, 0.3) is 0 Å². The van der Waals surface area contributed by atoms with Crippen molar-refractivity contribution in [3.8, 4) is 0 Å². The smallest absolute Gasteiger partial charge is 0.305 e. The number of rotatable bonds is 10. The molecule has 3 saturated heterocycles. The van der Waals surface area contributed by atoms with E-state index in [9.17, 15) is 19.5 Å². The number of aliphatic hydroxyl groups excluding tert-OH is 1. The number of esters is 1. The van der Waals surface area contributed by atoms with Crippen LogP contribution in [0.5, 0.6) is 0 Å². The number of ether oxygens (including phenoxy) is 4. The molecule has 212 valence electrons. The molecule has 3 heterocycles.